The molecule has 0 saturated carbocycles. The Labute approximate surface area is 151 Å². The molecule has 0 N–H and O–H groups in total. The maximum absolute atomic E-state index is 12.9. The van der Waals surface area contributed by atoms with Crippen LogP contribution in [0.2, 0.25) is 0 Å². The molecule has 2 aromatic carbocycles. The molecule has 3 atom stereocenters. The number of likely N-dealkylation sites (tertiary alicyclic amines) is 1. The van der Waals surface area contributed by atoms with Crippen molar-refractivity contribution < 1.29 is 4.79 Å². The third-order valence-corrected chi connectivity index (χ3v) is 5.14. The zero-order valence-electron chi connectivity index (χ0n) is 13.5. The van der Waals surface area contributed by atoms with Gasteiger partial charge in [0.2, 0.25) is 5.91 Å². The van der Waals surface area contributed by atoms with Crippen molar-refractivity contribution in [1.29, 1.82) is 5.26 Å². The van der Waals surface area contributed by atoms with Crippen LogP contribution >= 0.6 is 15.9 Å². The van der Waals surface area contributed by atoms with Gasteiger partial charge in [0, 0.05) is 23.5 Å². The van der Waals surface area contributed by atoms with Crippen LogP contribution in [0, 0.1) is 23.2 Å². The van der Waals surface area contributed by atoms with E-state index in [9.17, 15) is 10.1 Å². The quantitative estimate of drug-likeness (QED) is 0.791. The third kappa shape index (κ3) is 3.37. The van der Waals surface area contributed by atoms with E-state index >= 15 is 0 Å². The monoisotopic (exact) mass is 382 g/mol. The van der Waals surface area contributed by atoms with E-state index in [4.69, 9.17) is 0 Å². The summed E-state index contributed by atoms with van der Waals surface area (Å²) in [6, 6.07) is 20.1. The molecule has 1 fully saturated rings. The second-order valence-electron chi connectivity index (χ2n) is 6.37. The van der Waals surface area contributed by atoms with Crippen molar-refractivity contribution in [3.05, 3.63) is 70.2 Å². The van der Waals surface area contributed by atoms with Crippen LogP contribution in [0.3, 0.4) is 0 Å². The molecule has 0 bridgehead atoms. The highest BCUT2D eigenvalue weighted by molar-refractivity contribution is 9.10. The molecule has 0 spiro atoms. The molecule has 0 radical (unpaired) electrons. The van der Waals surface area contributed by atoms with Crippen LogP contribution in [-0.2, 0) is 11.3 Å². The fraction of sp³-hybridized carbons (Fsp3) is 0.300. The van der Waals surface area contributed by atoms with Crippen LogP contribution in [0.5, 0.6) is 0 Å². The number of nitriles is 1. The van der Waals surface area contributed by atoms with Crippen molar-refractivity contribution in [3.8, 4) is 6.07 Å². The van der Waals surface area contributed by atoms with Gasteiger partial charge in [0.25, 0.3) is 0 Å². The van der Waals surface area contributed by atoms with Crippen molar-refractivity contribution in [2.24, 2.45) is 11.8 Å². The van der Waals surface area contributed by atoms with Crippen molar-refractivity contribution >= 4 is 21.8 Å². The Morgan fingerprint density at radius 1 is 1.21 bits per heavy atom. The molecule has 1 aliphatic heterocycles. The van der Waals surface area contributed by atoms with E-state index in [0.717, 1.165) is 15.6 Å². The van der Waals surface area contributed by atoms with E-state index in [-0.39, 0.29) is 17.7 Å². The summed E-state index contributed by atoms with van der Waals surface area (Å²) >= 11 is 3.48. The maximum Gasteiger partial charge on any atom is 0.240 e. The third-order valence-electron chi connectivity index (χ3n) is 4.65. The fourth-order valence-corrected chi connectivity index (χ4v) is 3.96. The van der Waals surface area contributed by atoms with Crippen molar-refractivity contribution in [1.82, 2.24) is 4.90 Å². The first-order valence-electron chi connectivity index (χ1n) is 8.08. The van der Waals surface area contributed by atoms with Gasteiger partial charge in [-0.2, -0.15) is 5.26 Å². The minimum absolute atomic E-state index is 0.0629. The molecule has 1 heterocycles. The largest absolute Gasteiger partial charge is 0.337 e. The zero-order valence-corrected chi connectivity index (χ0v) is 15.1. The summed E-state index contributed by atoms with van der Waals surface area (Å²) < 4.78 is 0.975. The molecule has 0 aliphatic carbocycles. The molecular weight excluding hydrogens is 364 g/mol. The molecule has 1 aliphatic rings. The first kappa shape index (κ1) is 16.7. The molecule has 1 amide bonds. The highest BCUT2D eigenvalue weighted by Crippen LogP contribution is 2.38. The Balaban J connectivity index is 1.86. The number of carbonyl (C=O) groups excluding carboxylic acids is 1. The number of carbonyl (C=O) groups is 1. The van der Waals surface area contributed by atoms with E-state index in [1.807, 2.05) is 59.5 Å². The first-order chi connectivity index (χ1) is 11.6. The van der Waals surface area contributed by atoms with Crippen molar-refractivity contribution in [2.45, 2.75) is 19.4 Å². The Morgan fingerprint density at radius 2 is 1.96 bits per heavy atom. The second-order valence-corrected chi connectivity index (χ2v) is 7.28. The number of hydrogen-bond donors (Lipinski definition) is 0. The molecule has 0 unspecified atom stereocenters. The summed E-state index contributed by atoms with van der Waals surface area (Å²) in [4.78, 5) is 14.7. The summed E-state index contributed by atoms with van der Waals surface area (Å²) in [5, 5.41) is 9.65. The fourth-order valence-electron chi connectivity index (χ4n) is 3.55. The molecular formula is C20H19BrN2O. The number of hydrogen-bond acceptors (Lipinski definition) is 2. The van der Waals surface area contributed by atoms with E-state index in [2.05, 4.69) is 28.9 Å². The average molecular weight is 383 g/mol. The van der Waals surface area contributed by atoms with Gasteiger partial charge in [-0.3, -0.25) is 4.79 Å². The number of nitrogens with zero attached hydrogens (tertiary/aromatic N) is 2. The van der Waals surface area contributed by atoms with Crippen molar-refractivity contribution in [2.75, 3.05) is 6.54 Å². The normalized spacial score (nSPS) is 23.8. The molecule has 122 valence electrons. The van der Waals surface area contributed by atoms with Crippen molar-refractivity contribution in [3.63, 3.8) is 0 Å². The molecule has 3 rings (SSSR count). The van der Waals surface area contributed by atoms with Crippen LogP contribution in [0.4, 0.5) is 0 Å². The Morgan fingerprint density at radius 3 is 2.62 bits per heavy atom. The van der Waals surface area contributed by atoms with Crippen LogP contribution in [0.15, 0.2) is 59.1 Å². The molecule has 24 heavy (non-hydrogen) atoms. The molecule has 4 heteroatoms. The van der Waals surface area contributed by atoms with Crippen LogP contribution in [0.25, 0.3) is 0 Å². The predicted molar refractivity (Wildman–Crippen MR) is 97.0 cm³/mol. The Hall–Kier alpha value is -2.12. The van der Waals surface area contributed by atoms with Gasteiger partial charge in [-0.1, -0.05) is 65.3 Å². The second kappa shape index (κ2) is 7.19. The number of piperidine rings is 1. The van der Waals surface area contributed by atoms with Gasteiger partial charge in [-0.25, -0.2) is 0 Å². The van der Waals surface area contributed by atoms with E-state index < -0.39 is 5.92 Å². The lowest BCUT2D eigenvalue weighted by molar-refractivity contribution is -0.139. The lowest BCUT2D eigenvalue weighted by Gasteiger charge is -2.39. The molecule has 0 aromatic heterocycles. The summed E-state index contributed by atoms with van der Waals surface area (Å²) in [5.74, 6) is -0.534. The SMILES string of the molecule is C[C@H]1CN(Cc2ccccc2)C(=O)[C@@H](C#N)[C@@H]1c1cccc(Br)c1. The van der Waals surface area contributed by atoms with Gasteiger partial charge >= 0.3 is 0 Å². The van der Waals surface area contributed by atoms with E-state index in [1.165, 1.54) is 0 Å². The Bertz CT molecular complexity index is 769. The lowest BCUT2D eigenvalue weighted by Crippen LogP contribution is -2.47. The summed E-state index contributed by atoms with van der Waals surface area (Å²) in [6.45, 7) is 3.36. The number of rotatable bonds is 3. The van der Waals surface area contributed by atoms with Gasteiger partial charge in [-0.05, 0) is 29.2 Å². The molecule has 2 aromatic rings. The summed E-state index contributed by atoms with van der Waals surface area (Å²) in [6.07, 6.45) is 0. The molecule has 1 saturated heterocycles. The van der Waals surface area contributed by atoms with Gasteiger partial charge in [-0.15, -0.1) is 0 Å². The van der Waals surface area contributed by atoms with Gasteiger partial charge in [0.15, 0.2) is 0 Å². The predicted octanol–water partition coefficient (Wildman–Crippen LogP) is 4.35. The van der Waals surface area contributed by atoms with Crippen LogP contribution in [-0.4, -0.2) is 17.4 Å². The molecule has 3 nitrogen and oxygen atoms in total. The number of benzene rings is 2. The highest BCUT2D eigenvalue weighted by Gasteiger charge is 2.41. The number of amides is 1. The van der Waals surface area contributed by atoms with Gasteiger partial charge in [0.05, 0.1) is 6.07 Å². The number of halogens is 1. The van der Waals surface area contributed by atoms with Gasteiger partial charge in [0.1, 0.15) is 5.92 Å². The van der Waals surface area contributed by atoms with Crippen LogP contribution in [0.1, 0.15) is 24.0 Å². The van der Waals surface area contributed by atoms with E-state index in [0.29, 0.717) is 13.1 Å². The maximum atomic E-state index is 12.9. The highest BCUT2D eigenvalue weighted by atomic mass is 79.9. The summed E-state index contributed by atoms with van der Waals surface area (Å²) in [5.41, 5.74) is 2.15. The zero-order chi connectivity index (χ0) is 17.1. The smallest absolute Gasteiger partial charge is 0.240 e. The summed E-state index contributed by atoms with van der Waals surface area (Å²) in [7, 11) is 0. The Kier molecular flexibility index (Phi) is 5.01. The van der Waals surface area contributed by atoms with E-state index in [1.54, 1.807) is 0 Å². The van der Waals surface area contributed by atoms with Crippen LogP contribution < -0.4 is 0 Å². The van der Waals surface area contributed by atoms with Gasteiger partial charge < -0.3 is 4.90 Å². The lowest BCUT2D eigenvalue weighted by atomic mass is 9.74. The average Bonchev–Trinajstić information content (AvgIpc) is 2.58. The topological polar surface area (TPSA) is 44.1 Å². The minimum atomic E-state index is -0.633. The minimum Gasteiger partial charge on any atom is -0.337 e. The standard InChI is InChI=1S/C20H19BrN2O/c1-14-12-23(13-15-6-3-2-4-7-15)20(24)18(11-22)19(14)16-8-5-9-17(21)10-16/h2-10,14,18-19H,12-13H2,1H3/t14-,18-,19-/m0/s1. The first-order valence-corrected chi connectivity index (χ1v) is 8.87.